The highest BCUT2D eigenvalue weighted by Gasteiger charge is 2.15. The van der Waals surface area contributed by atoms with E-state index in [9.17, 15) is 9.59 Å². The number of amides is 1. The minimum absolute atomic E-state index is 0.00990. The molecule has 0 aliphatic rings. The predicted molar refractivity (Wildman–Crippen MR) is 67.6 cm³/mol. The summed E-state index contributed by atoms with van der Waals surface area (Å²) in [5, 5.41) is 2.77. The van der Waals surface area contributed by atoms with Gasteiger partial charge in [-0.05, 0) is 18.9 Å². The number of hydrogen-bond acceptors (Lipinski definition) is 2. The Labute approximate surface area is 102 Å². The summed E-state index contributed by atoms with van der Waals surface area (Å²) in [6.07, 6.45) is 1.14. The molecule has 3 nitrogen and oxygen atoms in total. The fraction of sp³-hybridized carbons (Fsp3) is 0.429. The van der Waals surface area contributed by atoms with Gasteiger partial charge in [0.25, 0.3) is 0 Å². The van der Waals surface area contributed by atoms with E-state index in [0.29, 0.717) is 19.4 Å². The summed E-state index contributed by atoms with van der Waals surface area (Å²) < 4.78 is 0. The minimum atomic E-state index is -0.132. The molecule has 17 heavy (non-hydrogen) atoms. The van der Waals surface area contributed by atoms with E-state index < -0.39 is 0 Å². The molecular formula is C14H19NO2. The van der Waals surface area contributed by atoms with Crippen molar-refractivity contribution in [2.45, 2.75) is 26.7 Å². The van der Waals surface area contributed by atoms with Crippen LogP contribution in [0.3, 0.4) is 0 Å². The maximum absolute atomic E-state index is 11.5. The van der Waals surface area contributed by atoms with Crippen LogP contribution >= 0.6 is 0 Å². The van der Waals surface area contributed by atoms with Crippen LogP contribution in [0.5, 0.6) is 0 Å². The minimum Gasteiger partial charge on any atom is -0.355 e. The number of rotatable bonds is 6. The zero-order chi connectivity index (χ0) is 12.7. The third kappa shape index (κ3) is 4.81. The van der Waals surface area contributed by atoms with Crippen molar-refractivity contribution in [2.75, 3.05) is 6.54 Å². The van der Waals surface area contributed by atoms with Crippen molar-refractivity contribution >= 4 is 11.7 Å². The van der Waals surface area contributed by atoms with Gasteiger partial charge in [-0.25, -0.2) is 0 Å². The molecule has 0 unspecified atom stereocenters. The second-order valence-corrected chi connectivity index (χ2v) is 4.15. The maximum Gasteiger partial charge on any atom is 0.219 e. The molecule has 0 saturated heterocycles. The third-order valence-electron chi connectivity index (χ3n) is 2.77. The Morgan fingerprint density at radius 3 is 2.41 bits per heavy atom. The van der Waals surface area contributed by atoms with Gasteiger partial charge in [0, 0.05) is 18.9 Å². The highest BCUT2D eigenvalue weighted by molar-refractivity contribution is 5.80. The molecule has 3 heteroatoms. The number of hydrogen-bond donors (Lipinski definition) is 1. The molecule has 1 aromatic rings. The summed E-state index contributed by atoms with van der Waals surface area (Å²) in [5.41, 5.74) is 1.12. The maximum atomic E-state index is 11.5. The molecule has 1 rings (SSSR count). The topological polar surface area (TPSA) is 46.2 Å². The van der Waals surface area contributed by atoms with E-state index >= 15 is 0 Å². The van der Waals surface area contributed by atoms with Gasteiger partial charge in [0.05, 0.1) is 0 Å². The predicted octanol–water partition coefficient (Wildman–Crippen LogP) is 1.96. The number of benzene rings is 1. The zero-order valence-corrected chi connectivity index (χ0v) is 10.4. The molecule has 92 valence electrons. The van der Waals surface area contributed by atoms with Gasteiger partial charge < -0.3 is 5.32 Å². The van der Waals surface area contributed by atoms with Gasteiger partial charge in [-0.1, -0.05) is 37.3 Å². The second kappa shape index (κ2) is 6.84. The first-order chi connectivity index (χ1) is 8.13. The summed E-state index contributed by atoms with van der Waals surface area (Å²) in [6, 6.07) is 9.86. The van der Waals surface area contributed by atoms with Crippen LogP contribution in [-0.2, 0) is 16.0 Å². The van der Waals surface area contributed by atoms with Crippen molar-refractivity contribution in [2.24, 2.45) is 5.92 Å². The number of ketones is 1. The van der Waals surface area contributed by atoms with Gasteiger partial charge >= 0.3 is 0 Å². The first-order valence-electron chi connectivity index (χ1n) is 5.94. The molecular weight excluding hydrogens is 214 g/mol. The lowest BCUT2D eigenvalue weighted by Crippen LogP contribution is -2.32. The average molecular weight is 233 g/mol. The van der Waals surface area contributed by atoms with E-state index in [0.717, 1.165) is 5.56 Å². The Hall–Kier alpha value is -1.64. The van der Waals surface area contributed by atoms with Gasteiger partial charge in [-0.3, -0.25) is 9.59 Å². The summed E-state index contributed by atoms with van der Waals surface area (Å²) in [6.45, 7) is 3.80. The highest BCUT2D eigenvalue weighted by Crippen LogP contribution is 2.09. The van der Waals surface area contributed by atoms with Crippen molar-refractivity contribution in [3.8, 4) is 0 Å². The monoisotopic (exact) mass is 233 g/mol. The third-order valence-corrected chi connectivity index (χ3v) is 2.77. The standard InChI is InChI=1S/C14H19NO2/c1-3-14(17)15-10-13(11(2)16)9-12-7-5-4-6-8-12/h4-8,13H,3,9-10H2,1-2H3,(H,15,17)/t13-/m1/s1. The molecule has 0 aromatic heterocycles. The van der Waals surface area contributed by atoms with Crippen LogP contribution in [0, 0.1) is 5.92 Å². The van der Waals surface area contributed by atoms with Crippen molar-refractivity contribution in [1.29, 1.82) is 0 Å². The molecule has 1 amide bonds. The Morgan fingerprint density at radius 1 is 1.24 bits per heavy atom. The van der Waals surface area contributed by atoms with Crippen molar-refractivity contribution in [3.63, 3.8) is 0 Å². The van der Waals surface area contributed by atoms with E-state index in [2.05, 4.69) is 5.32 Å². The SMILES string of the molecule is CCC(=O)NC[C@@H](Cc1ccccc1)C(C)=O. The Balaban J connectivity index is 2.55. The van der Waals surface area contributed by atoms with Crippen LogP contribution in [0.2, 0.25) is 0 Å². The molecule has 1 atom stereocenters. The first kappa shape index (κ1) is 13.4. The summed E-state index contributed by atoms with van der Waals surface area (Å²) in [7, 11) is 0. The van der Waals surface area contributed by atoms with Crippen LogP contribution < -0.4 is 5.32 Å². The number of carbonyl (C=O) groups excluding carboxylic acids is 2. The summed E-state index contributed by atoms with van der Waals surface area (Å²) >= 11 is 0. The first-order valence-corrected chi connectivity index (χ1v) is 5.94. The lowest BCUT2D eigenvalue weighted by atomic mass is 9.96. The molecule has 0 saturated carbocycles. The Kier molecular flexibility index (Phi) is 5.40. The van der Waals surface area contributed by atoms with Crippen LogP contribution in [0.25, 0.3) is 0 Å². The lowest BCUT2D eigenvalue weighted by molar-refractivity contribution is -0.122. The molecule has 0 bridgehead atoms. The Morgan fingerprint density at radius 2 is 1.88 bits per heavy atom. The number of Topliss-reactive ketones (excluding diaryl/α,β-unsaturated/α-hetero) is 1. The smallest absolute Gasteiger partial charge is 0.219 e. The molecule has 1 aromatic carbocycles. The van der Waals surface area contributed by atoms with E-state index in [1.165, 1.54) is 0 Å². The van der Waals surface area contributed by atoms with Crippen molar-refractivity contribution < 1.29 is 9.59 Å². The largest absolute Gasteiger partial charge is 0.355 e. The van der Waals surface area contributed by atoms with Crippen molar-refractivity contribution in [3.05, 3.63) is 35.9 Å². The van der Waals surface area contributed by atoms with Gasteiger partial charge in [0.1, 0.15) is 5.78 Å². The fourth-order valence-electron chi connectivity index (χ4n) is 1.62. The molecule has 0 fully saturated rings. The summed E-state index contributed by atoms with van der Waals surface area (Å²) in [5.74, 6) is -0.0255. The quantitative estimate of drug-likeness (QED) is 0.816. The zero-order valence-electron chi connectivity index (χ0n) is 10.4. The van der Waals surface area contributed by atoms with Crippen LogP contribution in [0.4, 0.5) is 0 Å². The Bertz CT molecular complexity index is 373. The molecule has 0 aliphatic carbocycles. The van der Waals surface area contributed by atoms with E-state index in [1.54, 1.807) is 13.8 Å². The molecule has 0 spiro atoms. The van der Waals surface area contributed by atoms with E-state index in [-0.39, 0.29) is 17.6 Å². The van der Waals surface area contributed by atoms with Gasteiger partial charge in [-0.15, -0.1) is 0 Å². The van der Waals surface area contributed by atoms with E-state index in [4.69, 9.17) is 0 Å². The van der Waals surface area contributed by atoms with Crippen LogP contribution in [-0.4, -0.2) is 18.2 Å². The number of carbonyl (C=O) groups is 2. The highest BCUT2D eigenvalue weighted by atomic mass is 16.1. The summed E-state index contributed by atoms with van der Waals surface area (Å²) in [4.78, 5) is 22.7. The molecule has 0 aliphatic heterocycles. The molecule has 0 heterocycles. The second-order valence-electron chi connectivity index (χ2n) is 4.15. The van der Waals surface area contributed by atoms with Crippen molar-refractivity contribution in [1.82, 2.24) is 5.32 Å². The lowest BCUT2D eigenvalue weighted by Gasteiger charge is -2.14. The number of nitrogens with one attached hydrogen (secondary N) is 1. The molecule has 0 radical (unpaired) electrons. The fourth-order valence-corrected chi connectivity index (χ4v) is 1.62. The van der Waals surface area contributed by atoms with Crippen LogP contribution in [0.1, 0.15) is 25.8 Å². The van der Waals surface area contributed by atoms with Gasteiger partial charge in [0.15, 0.2) is 0 Å². The van der Waals surface area contributed by atoms with Crippen LogP contribution in [0.15, 0.2) is 30.3 Å². The van der Waals surface area contributed by atoms with Gasteiger partial charge in [0.2, 0.25) is 5.91 Å². The van der Waals surface area contributed by atoms with Gasteiger partial charge in [-0.2, -0.15) is 0 Å². The normalized spacial score (nSPS) is 11.9. The average Bonchev–Trinajstić information content (AvgIpc) is 2.34. The molecule has 1 N–H and O–H groups in total. The van der Waals surface area contributed by atoms with E-state index in [1.807, 2.05) is 30.3 Å².